The van der Waals surface area contributed by atoms with Crippen LogP contribution in [0.4, 0.5) is 5.69 Å². The number of nitrogens with zero attached hydrogens (tertiary/aromatic N) is 3. The standard InChI is InChI=1S/C16H21N3O2S/c1-2-22(20,21)16-8-6-14(7-9-16)18-11-3-5-15(13-18)19-12-4-10-17-19/h4,6-10,12,15H,2-3,5,11,13H2,1H3. The molecule has 0 amide bonds. The highest BCUT2D eigenvalue weighted by atomic mass is 32.2. The predicted octanol–water partition coefficient (Wildman–Crippen LogP) is 2.52. The lowest BCUT2D eigenvalue weighted by Gasteiger charge is -2.34. The SMILES string of the molecule is CCS(=O)(=O)c1ccc(N2CCCC(n3cccn3)C2)cc1. The lowest BCUT2D eigenvalue weighted by molar-refractivity contribution is 0.376. The molecule has 1 saturated heterocycles. The van der Waals surface area contributed by atoms with E-state index < -0.39 is 9.84 Å². The van der Waals surface area contributed by atoms with Crippen LogP contribution in [0.3, 0.4) is 0 Å². The van der Waals surface area contributed by atoms with Crippen LogP contribution in [0, 0.1) is 0 Å². The molecule has 5 nitrogen and oxygen atoms in total. The van der Waals surface area contributed by atoms with Crippen LogP contribution >= 0.6 is 0 Å². The minimum atomic E-state index is -3.12. The van der Waals surface area contributed by atoms with Gasteiger partial charge in [0.1, 0.15) is 0 Å². The third-order valence-electron chi connectivity index (χ3n) is 4.24. The van der Waals surface area contributed by atoms with Crippen LogP contribution in [0.2, 0.25) is 0 Å². The van der Waals surface area contributed by atoms with Gasteiger partial charge in [0, 0.05) is 31.2 Å². The lowest BCUT2D eigenvalue weighted by atomic mass is 10.1. The van der Waals surface area contributed by atoms with Crippen LogP contribution in [0.25, 0.3) is 0 Å². The molecule has 1 aromatic heterocycles. The number of anilines is 1. The first-order chi connectivity index (χ1) is 10.6. The van der Waals surface area contributed by atoms with E-state index in [1.54, 1.807) is 19.1 Å². The van der Waals surface area contributed by atoms with Crippen LogP contribution in [0.5, 0.6) is 0 Å². The molecule has 0 saturated carbocycles. The van der Waals surface area contributed by atoms with Crippen LogP contribution in [0.15, 0.2) is 47.6 Å². The fourth-order valence-electron chi connectivity index (χ4n) is 2.93. The zero-order valence-corrected chi connectivity index (χ0v) is 13.5. The minimum absolute atomic E-state index is 0.136. The summed E-state index contributed by atoms with van der Waals surface area (Å²) in [6, 6.07) is 9.57. The molecule has 0 N–H and O–H groups in total. The van der Waals surface area contributed by atoms with Gasteiger partial charge in [0.2, 0.25) is 0 Å². The highest BCUT2D eigenvalue weighted by Gasteiger charge is 2.22. The topological polar surface area (TPSA) is 55.2 Å². The molecule has 0 bridgehead atoms. The fraction of sp³-hybridized carbons (Fsp3) is 0.438. The molecular weight excluding hydrogens is 298 g/mol. The summed E-state index contributed by atoms with van der Waals surface area (Å²) in [4.78, 5) is 2.71. The van der Waals surface area contributed by atoms with Gasteiger partial charge in [0.15, 0.2) is 9.84 Å². The van der Waals surface area contributed by atoms with Gasteiger partial charge in [-0.05, 0) is 43.2 Å². The Hall–Kier alpha value is -1.82. The normalized spacial score (nSPS) is 19.3. The molecule has 0 aliphatic carbocycles. The average Bonchev–Trinajstić information content (AvgIpc) is 3.10. The van der Waals surface area contributed by atoms with E-state index in [1.165, 1.54) is 0 Å². The first-order valence-corrected chi connectivity index (χ1v) is 9.32. The minimum Gasteiger partial charge on any atom is -0.369 e. The van der Waals surface area contributed by atoms with Crippen LogP contribution in [0.1, 0.15) is 25.8 Å². The van der Waals surface area contributed by atoms with E-state index in [0.717, 1.165) is 31.6 Å². The van der Waals surface area contributed by atoms with Crippen molar-refractivity contribution in [1.82, 2.24) is 9.78 Å². The average molecular weight is 319 g/mol. The van der Waals surface area contributed by atoms with E-state index in [9.17, 15) is 8.42 Å². The summed E-state index contributed by atoms with van der Waals surface area (Å²) < 4.78 is 25.8. The van der Waals surface area contributed by atoms with Crippen molar-refractivity contribution in [3.05, 3.63) is 42.7 Å². The van der Waals surface area contributed by atoms with Crippen molar-refractivity contribution in [2.24, 2.45) is 0 Å². The van der Waals surface area contributed by atoms with Gasteiger partial charge in [0.05, 0.1) is 16.7 Å². The van der Waals surface area contributed by atoms with Gasteiger partial charge in [-0.25, -0.2) is 8.42 Å². The van der Waals surface area contributed by atoms with Crippen LogP contribution < -0.4 is 4.90 Å². The second kappa shape index (κ2) is 6.12. The summed E-state index contributed by atoms with van der Waals surface area (Å²) in [7, 11) is -3.12. The number of hydrogen-bond donors (Lipinski definition) is 0. The van der Waals surface area contributed by atoms with Gasteiger partial charge in [-0.2, -0.15) is 5.10 Å². The second-order valence-corrected chi connectivity index (χ2v) is 7.90. The van der Waals surface area contributed by atoms with Gasteiger partial charge in [0.25, 0.3) is 0 Å². The lowest BCUT2D eigenvalue weighted by Crippen LogP contribution is -2.36. The Balaban J connectivity index is 1.76. The fourth-order valence-corrected chi connectivity index (χ4v) is 3.82. The molecule has 1 aliphatic heterocycles. The molecule has 1 fully saturated rings. The van der Waals surface area contributed by atoms with E-state index in [-0.39, 0.29) is 5.75 Å². The molecule has 0 radical (unpaired) electrons. The zero-order valence-electron chi connectivity index (χ0n) is 12.7. The number of sulfone groups is 1. The first kappa shape index (κ1) is 15.1. The maximum atomic E-state index is 11.9. The number of benzene rings is 1. The Morgan fingerprint density at radius 3 is 2.68 bits per heavy atom. The van der Waals surface area contributed by atoms with Gasteiger partial charge in [-0.1, -0.05) is 6.92 Å². The Morgan fingerprint density at radius 1 is 1.27 bits per heavy atom. The summed E-state index contributed by atoms with van der Waals surface area (Å²) >= 11 is 0. The summed E-state index contributed by atoms with van der Waals surface area (Å²) in [6.07, 6.45) is 6.05. The number of hydrogen-bond acceptors (Lipinski definition) is 4. The van der Waals surface area contributed by atoms with Gasteiger partial charge >= 0.3 is 0 Å². The quantitative estimate of drug-likeness (QED) is 0.869. The molecular formula is C16H21N3O2S. The van der Waals surface area contributed by atoms with Crippen molar-refractivity contribution < 1.29 is 8.42 Å². The Labute approximate surface area is 131 Å². The molecule has 22 heavy (non-hydrogen) atoms. The molecule has 1 aromatic carbocycles. The summed E-state index contributed by atoms with van der Waals surface area (Å²) in [6.45, 7) is 3.57. The zero-order chi connectivity index (χ0) is 15.6. The molecule has 2 aromatic rings. The van der Waals surface area contributed by atoms with Crippen molar-refractivity contribution in [3.8, 4) is 0 Å². The Kier molecular flexibility index (Phi) is 4.20. The van der Waals surface area contributed by atoms with E-state index in [1.807, 2.05) is 35.3 Å². The maximum absolute atomic E-state index is 11.9. The van der Waals surface area contributed by atoms with Crippen molar-refractivity contribution >= 4 is 15.5 Å². The molecule has 0 spiro atoms. The highest BCUT2D eigenvalue weighted by molar-refractivity contribution is 7.91. The summed E-state index contributed by atoms with van der Waals surface area (Å²) in [5.74, 6) is 0.136. The number of rotatable bonds is 4. The number of piperidine rings is 1. The predicted molar refractivity (Wildman–Crippen MR) is 86.9 cm³/mol. The third kappa shape index (κ3) is 3.02. The van der Waals surface area contributed by atoms with E-state index in [2.05, 4.69) is 10.00 Å². The summed E-state index contributed by atoms with van der Waals surface area (Å²) in [5, 5.41) is 4.34. The molecule has 6 heteroatoms. The number of aromatic nitrogens is 2. The summed E-state index contributed by atoms with van der Waals surface area (Å²) in [5.41, 5.74) is 1.08. The molecule has 118 valence electrons. The second-order valence-electron chi connectivity index (χ2n) is 5.63. The molecule has 3 rings (SSSR count). The van der Waals surface area contributed by atoms with Crippen LogP contribution in [-0.2, 0) is 9.84 Å². The van der Waals surface area contributed by atoms with Gasteiger partial charge < -0.3 is 4.90 Å². The van der Waals surface area contributed by atoms with Crippen LogP contribution in [-0.4, -0.2) is 37.0 Å². The Bertz CT molecular complexity index is 708. The smallest absolute Gasteiger partial charge is 0.178 e. The third-order valence-corrected chi connectivity index (χ3v) is 5.99. The molecule has 1 atom stereocenters. The van der Waals surface area contributed by atoms with E-state index >= 15 is 0 Å². The molecule has 2 heterocycles. The molecule has 1 aliphatic rings. The monoisotopic (exact) mass is 319 g/mol. The van der Waals surface area contributed by atoms with E-state index in [4.69, 9.17) is 0 Å². The van der Waals surface area contributed by atoms with Crippen molar-refractivity contribution in [2.75, 3.05) is 23.7 Å². The maximum Gasteiger partial charge on any atom is 0.178 e. The first-order valence-electron chi connectivity index (χ1n) is 7.67. The largest absolute Gasteiger partial charge is 0.369 e. The van der Waals surface area contributed by atoms with Gasteiger partial charge in [-0.3, -0.25) is 4.68 Å². The molecule has 1 unspecified atom stereocenters. The van der Waals surface area contributed by atoms with Crippen molar-refractivity contribution in [1.29, 1.82) is 0 Å². The highest BCUT2D eigenvalue weighted by Crippen LogP contribution is 2.26. The van der Waals surface area contributed by atoms with E-state index in [0.29, 0.717) is 10.9 Å². The van der Waals surface area contributed by atoms with Crippen molar-refractivity contribution in [2.45, 2.75) is 30.7 Å². The van der Waals surface area contributed by atoms with Gasteiger partial charge in [-0.15, -0.1) is 0 Å². The van der Waals surface area contributed by atoms with Crippen molar-refractivity contribution in [3.63, 3.8) is 0 Å². The Morgan fingerprint density at radius 2 is 2.05 bits per heavy atom.